The largest absolute Gasteiger partial charge is 0.507 e. The van der Waals surface area contributed by atoms with Crippen molar-refractivity contribution in [3.05, 3.63) is 29.3 Å². The molecule has 23 heavy (non-hydrogen) atoms. The number of rotatable bonds is 4. The molecule has 0 spiro atoms. The smallest absolute Gasteiger partial charge is 0.128 e. The van der Waals surface area contributed by atoms with Crippen LogP contribution in [0.15, 0.2) is 23.2 Å². The van der Waals surface area contributed by atoms with Gasteiger partial charge in [-0.1, -0.05) is 53.2 Å². The van der Waals surface area contributed by atoms with Crippen LogP contribution in [0.25, 0.3) is 0 Å². The van der Waals surface area contributed by atoms with Crippen LogP contribution in [0.3, 0.4) is 0 Å². The summed E-state index contributed by atoms with van der Waals surface area (Å²) < 4.78 is 0. The molecule has 0 saturated heterocycles. The second-order valence-electron chi connectivity index (χ2n) is 8.23. The molecule has 0 heterocycles. The Morgan fingerprint density at radius 3 is 2.43 bits per heavy atom. The lowest BCUT2D eigenvalue weighted by molar-refractivity contribution is 0.242. The van der Waals surface area contributed by atoms with E-state index in [1.807, 2.05) is 24.4 Å². The van der Waals surface area contributed by atoms with E-state index in [-0.39, 0.29) is 5.41 Å². The molecule has 0 unspecified atom stereocenters. The van der Waals surface area contributed by atoms with Gasteiger partial charge in [0.1, 0.15) is 5.75 Å². The fourth-order valence-corrected chi connectivity index (χ4v) is 3.61. The molecule has 1 aromatic rings. The Hall–Kier alpha value is -1.31. The minimum absolute atomic E-state index is 0.0533. The highest BCUT2D eigenvalue weighted by Crippen LogP contribution is 2.34. The highest BCUT2D eigenvalue weighted by atomic mass is 16.3. The van der Waals surface area contributed by atoms with Crippen molar-refractivity contribution in [2.24, 2.45) is 16.8 Å². The summed E-state index contributed by atoms with van der Waals surface area (Å²) >= 11 is 0. The molecule has 0 aromatic heterocycles. The van der Waals surface area contributed by atoms with Gasteiger partial charge in [0.25, 0.3) is 0 Å². The molecule has 1 aliphatic carbocycles. The van der Waals surface area contributed by atoms with Crippen LogP contribution in [0, 0.1) is 11.8 Å². The van der Waals surface area contributed by atoms with Crippen LogP contribution in [0.1, 0.15) is 77.8 Å². The predicted molar refractivity (Wildman–Crippen MR) is 99.6 cm³/mol. The Morgan fingerprint density at radius 2 is 1.87 bits per heavy atom. The number of para-hydroxylation sites is 1. The minimum Gasteiger partial charge on any atom is -0.507 e. The normalized spacial score (nSPS) is 24.0. The summed E-state index contributed by atoms with van der Waals surface area (Å²) in [5.41, 5.74) is 1.78. The van der Waals surface area contributed by atoms with Crippen molar-refractivity contribution < 1.29 is 5.11 Å². The van der Waals surface area contributed by atoms with E-state index < -0.39 is 0 Å². The Balaban J connectivity index is 2.02. The zero-order valence-corrected chi connectivity index (χ0v) is 15.5. The van der Waals surface area contributed by atoms with Crippen LogP contribution in [0.4, 0.5) is 0 Å². The van der Waals surface area contributed by atoms with E-state index in [1.165, 1.54) is 32.1 Å². The van der Waals surface area contributed by atoms with Gasteiger partial charge < -0.3 is 5.11 Å². The maximum absolute atomic E-state index is 10.5. The van der Waals surface area contributed by atoms with E-state index in [4.69, 9.17) is 4.99 Å². The first-order chi connectivity index (χ1) is 10.8. The van der Waals surface area contributed by atoms with Crippen LogP contribution >= 0.6 is 0 Å². The molecule has 1 N–H and O–H groups in total. The predicted octanol–water partition coefficient (Wildman–Crippen LogP) is 5.71. The van der Waals surface area contributed by atoms with Crippen molar-refractivity contribution in [3.63, 3.8) is 0 Å². The Kier molecular flexibility index (Phi) is 5.89. The van der Waals surface area contributed by atoms with Crippen molar-refractivity contribution in [1.29, 1.82) is 0 Å². The molecular weight excluding hydrogens is 282 g/mol. The summed E-state index contributed by atoms with van der Waals surface area (Å²) in [5, 5.41) is 10.5. The highest BCUT2D eigenvalue weighted by molar-refractivity contribution is 5.84. The zero-order valence-electron chi connectivity index (χ0n) is 15.5. The number of phenolic OH excluding ortho intramolecular Hbond substituents is 1. The summed E-state index contributed by atoms with van der Waals surface area (Å²) in [6, 6.07) is 6.40. The lowest BCUT2D eigenvalue weighted by Gasteiger charge is -2.30. The summed E-state index contributed by atoms with van der Waals surface area (Å²) in [4.78, 5) is 4.77. The van der Waals surface area contributed by atoms with Gasteiger partial charge >= 0.3 is 0 Å². The van der Waals surface area contributed by atoms with Gasteiger partial charge in [-0.25, -0.2) is 0 Å². The molecule has 1 fully saturated rings. The van der Waals surface area contributed by atoms with E-state index in [9.17, 15) is 5.11 Å². The van der Waals surface area contributed by atoms with Crippen molar-refractivity contribution in [3.8, 4) is 5.75 Å². The molecule has 1 aliphatic rings. The second-order valence-corrected chi connectivity index (χ2v) is 8.23. The molecule has 1 saturated carbocycles. The van der Waals surface area contributed by atoms with Gasteiger partial charge in [-0.2, -0.15) is 0 Å². The highest BCUT2D eigenvalue weighted by Gasteiger charge is 2.24. The minimum atomic E-state index is -0.0533. The zero-order chi connectivity index (χ0) is 17.0. The summed E-state index contributed by atoms with van der Waals surface area (Å²) in [6.45, 7) is 11.0. The van der Waals surface area contributed by atoms with E-state index in [0.29, 0.717) is 11.8 Å². The summed E-state index contributed by atoms with van der Waals surface area (Å²) in [5.74, 6) is 2.11. The average Bonchev–Trinajstić information content (AvgIpc) is 2.52. The SMILES string of the molecule is CC[C@H](C)C1CCC(/N=C/c2cccc(C(C)(C)C)c2O)CC1. The number of aromatic hydroxyl groups is 1. The lowest BCUT2D eigenvalue weighted by atomic mass is 9.78. The number of hydrogen-bond donors (Lipinski definition) is 1. The van der Waals surface area contributed by atoms with Gasteiger partial charge in [-0.15, -0.1) is 0 Å². The maximum Gasteiger partial charge on any atom is 0.128 e. The molecular formula is C21H33NO. The molecule has 0 bridgehead atoms. The lowest BCUT2D eigenvalue weighted by Crippen LogP contribution is -2.21. The third-order valence-corrected chi connectivity index (χ3v) is 5.49. The molecule has 1 aromatic carbocycles. The average molecular weight is 316 g/mol. The first kappa shape index (κ1) is 18.0. The Morgan fingerprint density at radius 1 is 1.22 bits per heavy atom. The molecule has 0 aliphatic heterocycles. The van der Waals surface area contributed by atoms with Gasteiger partial charge in [0.05, 0.1) is 0 Å². The number of benzene rings is 1. The first-order valence-electron chi connectivity index (χ1n) is 9.18. The van der Waals surface area contributed by atoms with E-state index in [0.717, 1.165) is 23.0 Å². The number of hydrogen-bond acceptors (Lipinski definition) is 2. The van der Waals surface area contributed by atoms with Crippen molar-refractivity contribution >= 4 is 6.21 Å². The Bertz CT molecular complexity index is 533. The van der Waals surface area contributed by atoms with Gasteiger partial charge in [0, 0.05) is 17.8 Å². The third-order valence-electron chi connectivity index (χ3n) is 5.49. The van der Waals surface area contributed by atoms with Gasteiger partial charge in [-0.05, 0) is 54.6 Å². The van der Waals surface area contributed by atoms with Crippen LogP contribution < -0.4 is 0 Å². The van der Waals surface area contributed by atoms with E-state index in [1.54, 1.807) is 0 Å². The van der Waals surface area contributed by atoms with Crippen molar-refractivity contribution in [2.75, 3.05) is 0 Å². The number of nitrogens with zero attached hydrogens (tertiary/aromatic N) is 1. The first-order valence-corrected chi connectivity index (χ1v) is 9.18. The molecule has 0 radical (unpaired) electrons. The fraction of sp³-hybridized carbons (Fsp3) is 0.667. The molecule has 2 rings (SSSR count). The second kappa shape index (κ2) is 7.51. The van der Waals surface area contributed by atoms with Gasteiger partial charge in [0.15, 0.2) is 0 Å². The fourth-order valence-electron chi connectivity index (χ4n) is 3.61. The van der Waals surface area contributed by atoms with Crippen molar-refractivity contribution in [2.45, 2.75) is 78.2 Å². The molecule has 0 amide bonds. The molecule has 2 nitrogen and oxygen atoms in total. The van der Waals surface area contributed by atoms with Crippen LogP contribution in [0.5, 0.6) is 5.75 Å². The monoisotopic (exact) mass is 315 g/mol. The van der Waals surface area contributed by atoms with Crippen LogP contribution in [0.2, 0.25) is 0 Å². The number of phenols is 1. The maximum atomic E-state index is 10.5. The standard InChI is InChI=1S/C21H33NO/c1-6-15(2)16-10-12-18(13-11-16)22-14-17-8-7-9-19(20(17)23)21(3,4)5/h7-9,14-16,18,23H,6,10-13H2,1-5H3/b22-14+/t15-,16?,18?/m0/s1. The molecule has 128 valence electrons. The van der Waals surface area contributed by atoms with E-state index in [2.05, 4.69) is 34.6 Å². The van der Waals surface area contributed by atoms with Crippen LogP contribution in [-0.2, 0) is 5.41 Å². The van der Waals surface area contributed by atoms with Gasteiger partial charge in [0.2, 0.25) is 0 Å². The quantitative estimate of drug-likeness (QED) is 0.709. The molecule has 2 heteroatoms. The number of aliphatic imine (C=N–C) groups is 1. The van der Waals surface area contributed by atoms with Crippen molar-refractivity contribution in [1.82, 2.24) is 0 Å². The van der Waals surface area contributed by atoms with Gasteiger partial charge in [-0.3, -0.25) is 4.99 Å². The van der Waals surface area contributed by atoms with E-state index >= 15 is 0 Å². The Labute approximate surface area is 142 Å². The topological polar surface area (TPSA) is 32.6 Å². The summed E-state index contributed by atoms with van der Waals surface area (Å²) in [6.07, 6.45) is 8.14. The third kappa shape index (κ3) is 4.59. The van der Waals surface area contributed by atoms with Crippen LogP contribution in [-0.4, -0.2) is 17.4 Å². The summed E-state index contributed by atoms with van der Waals surface area (Å²) in [7, 11) is 0. The molecule has 1 atom stereocenters.